The number of nitrogens with zero attached hydrogens (tertiary/aromatic N) is 4. The normalized spacial score (nSPS) is 17.3. The number of nitrogens with one attached hydrogen (secondary N) is 1. The third-order valence-electron chi connectivity index (χ3n) is 6.70. The molecule has 8 heteroatoms. The second-order valence-electron chi connectivity index (χ2n) is 9.54. The molecule has 0 spiro atoms. The van der Waals surface area contributed by atoms with Gasteiger partial charge in [0.2, 0.25) is 11.0 Å². The number of ketones is 1. The fourth-order valence-electron chi connectivity index (χ4n) is 4.85. The maximum absolute atomic E-state index is 12.4. The van der Waals surface area contributed by atoms with Crippen LogP contribution >= 0.6 is 11.3 Å². The van der Waals surface area contributed by atoms with Crippen LogP contribution in [-0.2, 0) is 28.9 Å². The number of anilines is 1. The number of carbonyl (C=O) groups is 2. The fraction of sp³-hybridized carbons (Fsp3) is 0.310. The Balaban J connectivity index is 1.15. The van der Waals surface area contributed by atoms with Crippen molar-refractivity contribution >= 4 is 28.2 Å². The number of hydrogen-bond donors (Lipinski definition) is 1. The highest BCUT2D eigenvalue weighted by Crippen LogP contribution is 2.41. The van der Waals surface area contributed by atoms with E-state index in [9.17, 15) is 9.59 Å². The predicted octanol–water partition coefficient (Wildman–Crippen LogP) is 5.31. The van der Waals surface area contributed by atoms with Gasteiger partial charge in [-0.2, -0.15) is 10.2 Å². The van der Waals surface area contributed by atoms with Gasteiger partial charge in [0.25, 0.3) is 0 Å². The molecule has 0 bridgehead atoms. The van der Waals surface area contributed by atoms with E-state index in [1.807, 2.05) is 72.8 Å². The van der Waals surface area contributed by atoms with Gasteiger partial charge in [-0.15, -0.1) is 10.2 Å². The summed E-state index contributed by atoms with van der Waals surface area (Å²) in [6.07, 6.45) is 5.11. The van der Waals surface area contributed by atoms with E-state index >= 15 is 0 Å². The summed E-state index contributed by atoms with van der Waals surface area (Å²) in [6.45, 7) is 0. The molecular weight excluding hydrogens is 482 g/mol. The van der Waals surface area contributed by atoms with Crippen LogP contribution in [0, 0.1) is 0 Å². The molecule has 2 atom stereocenters. The Morgan fingerprint density at radius 3 is 2.16 bits per heavy atom. The number of carbonyl (C=O) groups excluding carboxylic acids is 2. The molecule has 1 fully saturated rings. The third kappa shape index (κ3) is 6.92. The van der Waals surface area contributed by atoms with Crippen LogP contribution < -0.4 is 5.32 Å². The summed E-state index contributed by atoms with van der Waals surface area (Å²) in [5, 5.41) is 21.8. The van der Waals surface area contributed by atoms with Gasteiger partial charge >= 0.3 is 0 Å². The van der Waals surface area contributed by atoms with E-state index in [0.29, 0.717) is 36.0 Å². The second kappa shape index (κ2) is 12.0. The van der Waals surface area contributed by atoms with Gasteiger partial charge in [-0.25, -0.2) is 0 Å². The van der Waals surface area contributed by atoms with Crippen molar-refractivity contribution in [2.75, 3.05) is 5.32 Å². The van der Waals surface area contributed by atoms with E-state index < -0.39 is 0 Å². The Bertz CT molecular complexity index is 1330. The van der Waals surface area contributed by atoms with Crippen LogP contribution in [0.1, 0.15) is 65.0 Å². The maximum Gasteiger partial charge on any atom is 0.230 e. The first-order valence-electron chi connectivity index (χ1n) is 12.7. The summed E-state index contributed by atoms with van der Waals surface area (Å²) in [5.74, 6) is 0.618. The number of aromatic nitrogens is 4. The molecule has 2 aromatic heterocycles. The van der Waals surface area contributed by atoms with Gasteiger partial charge in [-0.1, -0.05) is 78.4 Å². The van der Waals surface area contributed by atoms with Crippen molar-refractivity contribution in [3.8, 4) is 0 Å². The monoisotopic (exact) mass is 511 g/mol. The lowest BCUT2D eigenvalue weighted by Crippen LogP contribution is -2.15. The summed E-state index contributed by atoms with van der Waals surface area (Å²) >= 11 is 1.46. The number of benzene rings is 2. The van der Waals surface area contributed by atoms with Gasteiger partial charge in [-0.3, -0.25) is 9.59 Å². The quantitative estimate of drug-likeness (QED) is 0.327. The predicted molar refractivity (Wildman–Crippen MR) is 144 cm³/mol. The first-order valence-corrected chi connectivity index (χ1v) is 13.5. The zero-order chi connectivity index (χ0) is 25.5. The minimum absolute atomic E-state index is 0.0898. The van der Waals surface area contributed by atoms with Crippen LogP contribution in [0.25, 0.3) is 0 Å². The number of hydrogen-bond acceptors (Lipinski definition) is 7. The van der Waals surface area contributed by atoms with Crippen LogP contribution in [0.5, 0.6) is 0 Å². The Morgan fingerprint density at radius 1 is 0.757 bits per heavy atom. The Labute approximate surface area is 220 Å². The largest absolute Gasteiger partial charge is 0.300 e. The molecule has 4 aromatic rings. The third-order valence-corrected chi connectivity index (χ3v) is 7.70. The van der Waals surface area contributed by atoms with Crippen LogP contribution in [0.15, 0.2) is 72.8 Å². The van der Waals surface area contributed by atoms with Crippen LogP contribution in [0.2, 0.25) is 0 Å². The van der Waals surface area contributed by atoms with Crippen molar-refractivity contribution in [3.05, 3.63) is 100 Å². The van der Waals surface area contributed by atoms with Crippen molar-refractivity contribution in [3.63, 3.8) is 0 Å². The van der Waals surface area contributed by atoms with Crippen LogP contribution in [0.4, 0.5) is 5.13 Å². The lowest BCUT2D eigenvalue weighted by atomic mass is 9.80. The molecule has 7 nitrogen and oxygen atoms in total. The van der Waals surface area contributed by atoms with E-state index in [1.165, 1.54) is 11.3 Å². The molecule has 37 heavy (non-hydrogen) atoms. The Kier molecular flexibility index (Phi) is 8.05. The molecule has 1 saturated carbocycles. The van der Waals surface area contributed by atoms with Crippen molar-refractivity contribution in [2.24, 2.45) is 0 Å². The van der Waals surface area contributed by atoms with Gasteiger partial charge in [0.15, 0.2) is 0 Å². The van der Waals surface area contributed by atoms with Crippen molar-refractivity contribution < 1.29 is 9.59 Å². The fourth-order valence-corrected chi connectivity index (χ4v) is 5.75. The van der Waals surface area contributed by atoms with Crippen molar-refractivity contribution in [1.29, 1.82) is 0 Å². The lowest BCUT2D eigenvalue weighted by Gasteiger charge is -2.27. The minimum Gasteiger partial charge on any atom is -0.300 e. The summed E-state index contributed by atoms with van der Waals surface area (Å²) in [7, 11) is 0. The average Bonchev–Trinajstić information content (AvgIpc) is 3.38. The van der Waals surface area contributed by atoms with E-state index in [2.05, 4.69) is 25.7 Å². The van der Waals surface area contributed by atoms with Gasteiger partial charge < -0.3 is 5.32 Å². The smallest absolute Gasteiger partial charge is 0.230 e. The number of rotatable bonds is 9. The lowest BCUT2D eigenvalue weighted by molar-refractivity contribution is -0.118. The standard InChI is InChI=1S/C29H29N5O2S/c35-25(16-20-8-3-1-4-9-20)19-24-14-15-26(32-31-24)22-12-7-13-23(18-22)28-33-34-29(37-28)30-27(36)17-21-10-5-2-6-11-21/h1-6,8-11,14-15,22-23H,7,12-13,16-19H2,(H,30,34,36)/t22-,23+/m0/s1. The molecule has 2 heterocycles. The van der Waals surface area contributed by atoms with Crippen molar-refractivity contribution in [1.82, 2.24) is 20.4 Å². The number of Topliss-reactive ketones (excluding diaryl/α,β-unsaturated/α-hetero) is 1. The molecule has 0 unspecified atom stereocenters. The maximum atomic E-state index is 12.4. The summed E-state index contributed by atoms with van der Waals surface area (Å²) < 4.78 is 0. The molecule has 2 aromatic carbocycles. The van der Waals surface area contributed by atoms with E-state index in [0.717, 1.165) is 47.5 Å². The molecule has 1 amide bonds. The van der Waals surface area contributed by atoms with Gasteiger partial charge in [0.1, 0.15) is 10.8 Å². The number of amides is 1. The van der Waals surface area contributed by atoms with Gasteiger partial charge in [0, 0.05) is 18.3 Å². The zero-order valence-corrected chi connectivity index (χ0v) is 21.4. The molecule has 1 aliphatic carbocycles. The first-order chi connectivity index (χ1) is 18.1. The van der Waals surface area contributed by atoms with Gasteiger partial charge in [-0.05, 0) is 42.5 Å². The minimum atomic E-state index is -0.0898. The van der Waals surface area contributed by atoms with Crippen molar-refractivity contribution in [2.45, 2.75) is 56.8 Å². The summed E-state index contributed by atoms with van der Waals surface area (Å²) in [6, 6.07) is 23.4. The van der Waals surface area contributed by atoms with Crippen LogP contribution in [0.3, 0.4) is 0 Å². The highest BCUT2D eigenvalue weighted by molar-refractivity contribution is 7.15. The SMILES string of the molecule is O=C(Cc1ccccc1)Cc1ccc([C@H]2CCC[C@@H](c3nnc(NC(=O)Cc4ccccc4)s3)C2)nn1. The zero-order valence-electron chi connectivity index (χ0n) is 20.5. The molecule has 0 aliphatic heterocycles. The summed E-state index contributed by atoms with van der Waals surface area (Å²) in [5.41, 5.74) is 3.65. The Morgan fingerprint density at radius 2 is 1.46 bits per heavy atom. The molecule has 1 N–H and O–H groups in total. The summed E-state index contributed by atoms with van der Waals surface area (Å²) in [4.78, 5) is 24.8. The first kappa shape index (κ1) is 24.9. The van der Waals surface area contributed by atoms with E-state index in [-0.39, 0.29) is 17.6 Å². The molecule has 188 valence electrons. The average molecular weight is 512 g/mol. The molecule has 5 rings (SSSR count). The highest BCUT2D eigenvalue weighted by atomic mass is 32.1. The molecule has 0 saturated heterocycles. The van der Waals surface area contributed by atoms with E-state index in [1.54, 1.807) is 0 Å². The molecule has 0 radical (unpaired) electrons. The van der Waals surface area contributed by atoms with Crippen LogP contribution in [-0.4, -0.2) is 32.1 Å². The highest BCUT2D eigenvalue weighted by Gasteiger charge is 2.28. The van der Waals surface area contributed by atoms with Gasteiger partial charge in [0.05, 0.1) is 24.2 Å². The second-order valence-corrected chi connectivity index (χ2v) is 10.6. The van der Waals surface area contributed by atoms with E-state index in [4.69, 9.17) is 0 Å². The topological polar surface area (TPSA) is 97.7 Å². The Hall–Kier alpha value is -3.78. The molecule has 1 aliphatic rings. The molecular formula is C29H29N5O2S.